The lowest BCUT2D eigenvalue weighted by Crippen LogP contribution is -2.33. The Labute approximate surface area is 110 Å². The number of hydrogen-bond acceptors (Lipinski definition) is 3. The molecule has 0 bridgehead atoms. The first-order valence-corrected chi connectivity index (χ1v) is 6.14. The van der Waals surface area contributed by atoms with Crippen molar-refractivity contribution in [3.8, 4) is 0 Å². The molecule has 1 amide bonds. The maximum Gasteiger partial charge on any atom is 0.239 e. The number of likely N-dealkylation sites (N-methyl/N-ethyl adjacent to an activating group) is 2. The van der Waals surface area contributed by atoms with Crippen molar-refractivity contribution in [2.24, 2.45) is 0 Å². The number of carbonyl (C=O) groups excluding carboxylic acids is 1. The Morgan fingerprint density at radius 2 is 2.24 bits per heavy atom. The van der Waals surface area contributed by atoms with Gasteiger partial charge in [-0.3, -0.25) is 4.79 Å². The van der Waals surface area contributed by atoms with E-state index in [0.717, 1.165) is 15.7 Å². The molecule has 0 radical (unpaired) electrons. The van der Waals surface area contributed by atoms with Crippen LogP contribution < -0.4 is 10.2 Å². The van der Waals surface area contributed by atoms with E-state index in [4.69, 9.17) is 0 Å². The Morgan fingerprint density at radius 3 is 2.76 bits per heavy atom. The van der Waals surface area contributed by atoms with E-state index in [0.29, 0.717) is 0 Å². The van der Waals surface area contributed by atoms with E-state index < -0.39 is 6.10 Å². The van der Waals surface area contributed by atoms with Crippen molar-refractivity contribution in [2.45, 2.75) is 13.0 Å². The van der Waals surface area contributed by atoms with Crippen LogP contribution in [-0.4, -0.2) is 31.7 Å². The number of nitrogens with zero attached hydrogens (tertiary/aromatic N) is 1. The summed E-state index contributed by atoms with van der Waals surface area (Å²) >= 11 is 3.37. The molecule has 4 nitrogen and oxygen atoms in total. The fourth-order valence-electron chi connectivity index (χ4n) is 1.59. The zero-order valence-corrected chi connectivity index (χ0v) is 11.8. The highest BCUT2D eigenvalue weighted by molar-refractivity contribution is 9.10. The summed E-state index contributed by atoms with van der Waals surface area (Å²) in [5.41, 5.74) is 1.65. The van der Waals surface area contributed by atoms with Gasteiger partial charge in [-0.15, -0.1) is 0 Å². The first-order chi connectivity index (χ1) is 7.95. The third kappa shape index (κ3) is 3.71. The number of hydrogen-bond donors (Lipinski definition) is 2. The van der Waals surface area contributed by atoms with Crippen LogP contribution in [0.5, 0.6) is 0 Å². The largest absolute Gasteiger partial charge is 0.389 e. The topological polar surface area (TPSA) is 52.6 Å². The standard InChI is InChI=1S/C12H17BrN2O2/c1-8(16)10-6-9(13)4-5-11(10)15(3)7-12(17)14-2/h4-6,8,16H,7H2,1-3H3,(H,14,17). The summed E-state index contributed by atoms with van der Waals surface area (Å²) in [5, 5.41) is 12.3. The van der Waals surface area contributed by atoms with Crippen LogP contribution in [-0.2, 0) is 4.79 Å². The summed E-state index contributed by atoms with van der Waals surface area (Å²) in [5.74, 6) is -0.0630. The molecule has 0 fully saturated rings. The molecule has 1 aromatic rings. The first kappa shape index (κ1) is 14.0. The van der Waals surface area contributed by atoms with Crippen LogP contribution in [0, 0.1) is 0 Å². The molecule has 1 unspecified atom stereocenters. The van der Waals surface area contributed by atoms with Crippen LogP contribution in [0.15, 0.2) is 22.7 Å². The molecular formula is C12H17BrN2O2. The van der Waals surface area contributed by atoms with Crippen LogP contribution in [0.1, 0.15) is 18.6 Å². The Kier molecular flexibility index (Phi) is 4.96. The molecule has 1 rings (SSSR count). The number of aliphatic hydroxyl groups excluding tert-OH is 1. The highest BCUT2D eigenvalue weighted by Crippen LogP contribution is 2.28. The Morgan fingerprint density at radius 1 is 1.59 bits per heavy atom. The van der Waals surface area contributed by atoms with Crippen molar-refractivity contribution in [3.05, 3.63) is 28.2 Å². The first-order valence-electron chi connectivity index (χ1n) is 5.35. The van der Waals surface area contributed by atoms with Crippen molar-refractivity contribution in [3.63, 3.8) is 0 Å². The van der Waals surface area contributed by atoms with E-state index in [9.17, 15) is 9.90 Å². The number of rotatable bonds is 4. The van der Waals surface area contributed by atoms with Gasteiger partial charge in [0.1, 0.15) is 0 Å². The monoisotopic (exact) mass is 300 g/mol. The molecule has 0 saturated carbocycles. The third-order valence-corrected chi connectivity index (χ3v) is 3.00. The van der Waals surface area contributed by atoms with Crippen LogP contribution in [0.4, 0.5) is 5.69 Å². The number of halogens is 1. The highest BCUT2D eigenvalue weighted by atomic mass is 79.9. The lowest BCUT2D eigenvalue weighted by Gasteiger charge is -2.23. The van der Waals surface area contributed by atoms with Crippen molar-refractivity contribution in [1.82, 2.24) is 5.32 Å². The summed E-state index contributed by atoms with van der Waals surface area (Å²) < 4.78 is 0.908. The van der Waals surface area contributed by atoms with Gasteiger partial charge in [0.2, 0.25) is 5.91 Å². The Balaban J connectivity index is 3.00. The molecule has 1 atom stereocenters. The molecule has 94 valence electrons. The molecule has 5 heteroatoms. The van der Waals surface area contributed by atoms with Crippen LogP contribution in [0.3, 0.4) is 0 Å². The van der Waals surface area contributed by atoms with E-state index in [2.05, 4.69) is 21.2 Å². The van der Waals surface area contributed by atoms with Crippen LogP contribution in [0.25, 0.3) is 0 Å². The zero-order chi connectivity index (χ0) is 13.0. The summed E-state index contributed by atoms with van der Waals surface area (Å²) in [6, 6.07) is 5.64. The number of amides is 1. The van der Waals surface area contributed by atoms with Gasteiger partial charge >= 0.3 is 0 Å². The minimum absolute atomic E-state index is 0.0630. The van der Waals surface area contributed by atoms with E-state index in [1.807, 2.05) is 30.1 Å². The number of carbonyl (C=O) groups is 1. The Hall–Kier alpha value is -1.07. The molecule has 2 N–H and O–H groups in total. The van der Waals surface area contributed by atoms with Gasteiger partial charge in [0.15, 0.2) is 0 Å². The van der Waals surface area contributed by atoms with Crippen LogP contribution in [0.2, 0.25) is 0 Å². The van der Waals surface area contributed by atoms with Crippen LogP contribution >= 0.6 is 15.9 Å². The van der Waals surface area contributed by atoms with Gasteiger partial charge in [-0.25, -0.2) is 0 Å². The second-order valence-electron chi connectivity index (χ2n) is 3.91. The smallest absolute Gasteiger partial charge is 0.239 e. The number of nitrogens with one attached hydrogen (secondary N) is 1. The molecule has 0 heterocycles. The zero-order valence-electron chi connectivity index (χ0n) is 10.2. The minimum Gasteiger partial charge on any atom is -0.389 e. The SMILES string of the molecule is CNC(=O)CN(C)c1ccc(Br)cc1C(C)O. The van der Waals surface area contributed by atoms with Gasteiger partial charge in [0.25, 0.3) is 0 Å². The number of aliphatic hydroxyl groups is 1. The number of benzene rings is 1. The molecule has 0 aliphatic rings. The van der Waals surface area contributed by atoms with E-state index >= 15 is 0 Å². The maximum absolute atomic E-state index is 11.3. The molecule has 0 aliphatic heterocycles. The van der Waals surface area contributed by atoms with Crippen molar-refractivity contribution in [2.75, 3.05) is 25.5 Å². The lowest BCUT2D eigenvalue weighted by molar-refractivity contribution is -0.119. The summed E-state index contributed by atoms with van der Waals surface area (Å²) in [4.78, 5) is 13.1. The fraction of sp³-hybridized carbons (Fsp3) is 0.417. The van der Waals surface area contributed by atoms with Crippen molar-refractivity contribution < 1.29 is 9.90 Å². The quantitative estimate of drug-likeness (QED) is 0.890. The van der Waals surface area contributed by atoms with E-state index in [1.165, 1.54) is 0 Å². The normalized spacial score (nSPS) is 12.1. The molecule has 1 aromatic carbocycles. The Bertz CT molecular complexity index is 407. The van der Waals surface area contributed by atoms with Crippen molar-refractivity contribution in [1.29, 1.82) is 0 Å². The molecule has 0 aromatic heterocycles. The average molecular weight is 301 g/mol. The van der Waals surface area contributed by atoms with E-state index in [-0.39, 0.29) is 12.5 Å². The summed E-state index contributed by atoms with van der Waals surface area (Å²) in [6.45, 7) is 1.97. The summed E-state index contributed by atoms with van der Waals surface area (Å²) in [6.07, 6.45) is -0.574. The van der Waals surface area contributed by atoms with Gasteiger partial charge in [-0.2, -0.15) is 0 Å². The van der Waals surface area contributed by atoms with Gasteiger partial charge < -0.3 is 15.3 Å². The predicted molar refractivity (Wildman–Crippen MR) is 72.1 cm³/mol. The fourth-order valence-corrected chi connectivity index (χ4v) is 1.97. The molecular weight excluding hydrogens is 284 g/mol. The lowest BCUT2D eigenvalue weighted by atomic mass is 10.1. The van der Waals surface area contributed by atoms with Gasteiger partial charge in [-0.05, 0) is 25.1 Å². The summed E-state index contributed by atoms with van der Waals surface area (Å²) in [7, 11) is 3.43. The average Bonchev–Trinajstić information content (AvgIpc) is 2.28. The molecule has 0 aliphatic carbocycles. The third-order valence-electron chi connectivity index (χ3n) is 2.51. The molecule has 0 spiro atoms. The van der Waals surface area contributed by atoms with Gasteiger partial charge in [-0.1, -0.05) is 15.9 Å². The molecule has 17 heavy (non-hydrogen) atoms. The highest BCUT2D eigenvalue weighted by Gasteiger charge is 2.13. The second-order valence-corrected chi connectivity index (χ2v) is 4.82. The maximum atomic E-state index is 11.3. The van der Waals surface area contributed by atoms with Crippen molar-refractivity contribution >= 4 is 27.5 Å². The van der Waals surface area contributed by atoms with Gasteiger partial charge in [0, 0.05) is 29.8 Å². The second kappa shape index (κ2) is 6.02. The minimum atomic E-state index is -0.574. The van der Waals surface area contributed by atoms with Gasteiger partial charge in [0.05, 0.1) is 12.6 Å². The predicted octanol–water partition coefficient (Wildman–Crippen LogP) is 1.68. The molecule has 0 saturated heterocycles. The number of anilines is 1. The van der Waals surface area contributed by atoms with E-state index in [1.54, 1.807) is 14.0 Å².